The summed E-state index contributed by atoms with van der Waals surface area (Å²) in [5, 5.41) is 5.27. The molecule has 4 amide bonds. The number of nitrogens with zero attached hydrogens (tertiary/aromatic N) is 4. The molecule has 4 atom stereocenters. The molecule has 6 rings (SSSR count). The molecule has 0 radical (unpaired) electrons. The SMILES string of the molecule is CCC(NC(=O)OC)C(=O)N1CCCC1c1ncc(-c2ccc(C#Cc3ccc(-c4cnc(C5CCCN5C(=O)C(CC)NC(=O)OC)[nH]4)cc3)cc2)[nH]1. The van der Waals surface area contributed by atoms with E-state index in [9.17, 15) is 19.2 Å². The summed E-state index contributed by atoms with van der Waals surface area (Å²) in [6.07, 6.45) is 6.49. The number of nitrogens with one attached hydrogen (secondary N) is 4. The number of amides is 4. The second-order valence-electron chi connectivity index (χ2n) is 13.3. The number of aromatic nitrogens is 4. The average molecular weight is 735 g/mol. The second-order valence-corrected chi connectivity index (χ2v) is 13.3. The zero-order chi connectivity index (χ0) is 38.2. The van der Waals surface area contributed by atoms with Crippen LogP contribution in [0.15, 0.2) is 60.9 Å². The molecule has 2 aromatic carbocycles. The molecule has 2 saturated heterocycles. The van der Waals surface area contributed by atoms with Gasteiger partial charge in [0.2, 0.25) is 11.8 Å². The smallest absolute Gasteiger partial charge is 0.407 e. The molecule has 2 aliphatic heterocycles. The number of aromatic amines is 2. The van der Waals surface area contributed by atoms with E-state index < -0.39 is 24.3 Å². The van der Waals surface area contributed by atoms with Crippen LogP contribution in [0.25, 0.3) is 22.5 Å². The quantitative estimate of drug-likeness (QED) is 0.155. The lowest BCUT2D eigenvalue weighted by Crippen LogP contribution is -2.48. The minimum Gasteiger partial charge on any atom is -0.453 e. The van der Waals surface area contributed by atoms with Gasteiger partial charge < -0.3 is 39.9 Å². The number of methoxy groups -OCH3 is 2. The molecule has 2 aromatic heterocycles. The van der Waals surface area contributed by atoms with Crippen molar-refractivity contribution in [3.63, 3.8) is 0 Å². The Balaban J connectivity index is 1.07. The van der Waals surface area contributed by atoms with Gasteiger partial charge in [-0.1, -0.05) is 50.0 Å². The number of carbonyl (C=O) groups excluding carboxylic acids is 4. The van der Waals surface area contributed by atoms with Gasteiger partial charge in [0.1, 0.15) is 23.7 Å². The molecule has 2 aliphatic rings. The molecule has 2 fully saturated rings. The number of hydrogen-bond donors (Lipinski definition) is 4. The number of likely N-dealkylation sites (tertiary alicyclic amines) is 2. The molecule has 0 spiro atoms. The van der Waals surface area contributed by atoms with Gasteiger partial charge in [-0.05, 0) is 73.9 Å². The maximum absolute atomic E-state index is 13.3. The third-order valence-corrected chi connectivity index (χ3v) is 10.0. The molecule has 14 nitrogen and oxygen atoms in total. The number of benzene rings is 2. The molecule has 0 saturated carbocycles. The molecule has 14 heteroatoms. The van der Waals surface area contributed by atoms with E-state index in [0.29, 0.717) is 37.6 Å². The Morgan fingerprint density at radius 1 is 0.704 bits per heavy atom. The van der Waals surface area contributed by atoms with E-state index in [4.69, 9.17) is 9.47 Å². The fraction of sp³-hybridized carbons (Fsp3) is 0.400. The summed E-state index contributed by atoms with van der Waals surface area (Å²) in [4.78, 5) is 69.7. The van der Waals surface area contributed by atoms with E-state index in [1.807, 2.05) is 62.4 Å². The fourth-order valence-corrected chi connectivity index (χ4v) is 7.02. The number of hydrogen-bond acceptors (Lipinski definition) is 8. The first kappa shape index (κ1) is 37.7. The van der Waals surface area contributed by atoms with Crippen LogP contribution in [0.1, 0.15) is 87.2 Å². The van der Waals surface area contributed by atoms with Gasteiger partial charge in [-0.2, -0.15) is 0 Å². The molecular formula is C40H46N8O6. The Bertz CT molecular complexity index is 1870. The van der Waals surface area contributed by atoms with Crippen molar-refractivity contribution in [3.05, 3.63) is 83.7 Å². The first-order valence-corrected chi connectivity index (χ1v) is 18.4. The molecule has 4 heterocycles. The summed E-state index contributed by atoms with van der Waals surface area (Å²) in [5.74, 6) is 7.62. The molecule has 0 aliphatic carbocycles. The Kier molecular flexibility index (Phi) is 12.0. The predicted molar refractivity (Wildman–Crippen MR) is 201 cm³/mol. The number of rotatable bonds is 10. The lowest BCUT2D eigenvalue weighted by Gasteiger charge is -2.27. The number of H-pyrrole nitrogens is 2. The largest absolute Gasteiger partial charge is 0.453 e. The van der Waals surface area contributed by atoms with Gasteiger partial charge in [-0.25, -0.2) is 19.6 Å². The van der Waals surface area contributed by atoms with Crippen LogP contribution in [0.3, 0.4) is 0 Å². The highest BCUT2D eigenvalue weighted by Gasteiger charge is 2.37. The Morgan fingerprint density at radius 3 is 1.44 bits per heavy atom. The third-order valence-electron chi connectivity index (χ3n) is 10.0. The maximum atomic E-state index is 13.3. The number of carbonyl (C=O) groups is 4. The topological polar surface area (TPSA) is 175 Å². The van der Waals surface area contributed by atoms with Gasteiger partial charge in [-0.15, -0.1) is 0 Å². The van der Waals surface area contributed by atoms with Gasteiger partial charge in [0.25, 0.3) is 0 Å². The van der Waals surface area contributed by atoms with Gasteiger partial charge in [0.05, 0.1) is 50.1 Å². The van der Waals surface area contributed by atoms with Crippen LogP contribution in [0.4, 0.5) is 9.59 Å². The normalized spacial score (nSPS) is 17.6. The number of imidazole rings is 2. The standard InChI is InChI=1S/C40H46N8O6/c1-5-29(45-39(51)53-3)37(49)47-21-7-9-33(47)35-41-23-31(43-35)27-17-13-25(14-18-27)11-12-26-15-19-28(20-16-26)32-24-42-36(44-32)34-10-8-22-48(34)38(50)30(6-2)46-40(52)54-4/h13-20,23-24,29-30,33-34H,5-10,21-22H2,1-4H3,(H,41,43)(H,42,44)(H,45,51)(H,46,52). The van der Waals surface area contributed by atoms with Crippen molar-refractivity contribution in [1.82, 2.24) is 40.4 Å². The fourth-order valence-electron chi connectivity index (χ4n) is 7.02. The van der Waals surface area contributed by atoms with Crippen LogP contribution < -0.4 is 10.6 Å². The van der Waals surface area contributed by atoms with Gasteiger partial charge >= 0.3 is 12.2 Å². The Morgan fingerprint density at radius 2 is 1.09 bits per heavy atom. The molecular weight excluding hydrogens is 688 g/mol. The Hall–Kier alpha value is -6.10. The molecule has 4 unspecified atom stereocenters. The van der Waals surface area contributed by atoms with E-state index in [0.717, 1.165) is 59.3 Å². The first-order chi connectivity index (χ1) is 26.2. The minimum atomic E-state index is -0.656. The molecule has 4 N–H and O–H groups in total. The van der Waals surface area contributed by atoms with Crippen molar-refractivity contribution in [2.24, 2.45) is 0 Å². The van der Waals surface area contributed by atoms with Crippen LogP contribution in [0.5, 0.6) is 0 Å². The maximum Gasteiger partial charge on any atom is 0.407 e. The van der Waals surface area contributed by atoms with Crippen molar-refractivity contribution in [2.45, 2.75) is 76.5 Å². The van der Waals surface area contributed by atoms with E-state index in [1.54, 1.807) is 22.2 Å². The van der Waals surface area contributed by atoms with Crippen molar-refractivity contribution >= 4 is 24.0 Å². The lowest BCUT2D eigenvalue weighted by atomic mass is 10.1. The van der Waals surface area contributed by atoms with Crippen LogP contribution in [-0.4, -0.2) is 93.1 Å². The van der Waals surface area contributed by atoms with Gasteiger partial charge in [-0.3, -0.25) is 9.59 Å². The third kappa shape index (κ3) is 8.41. The van der Waals surface area contributed by atoms with E-state index in [2.05, 4.69) is 42.4 Å². The van der Waals surface area contributed by atoms with E-state index in [-0.39, 0.29) is 23.9 Å². The summed E-state index contributed by atoms with van der Waals surface area (Å²) >= 11 is 0. The highest BCUT2D eigenvalue weighted by molar-refractivity contribution is 5.87. The summed E-state index contributed by atoms with van der Waals surface area (Å²) in [6.45, 7) is 4.90. The lowest BCUT2D eigenvalue weighted by molar-refractivity contribution is -0.135. The highest BCUT2D eigenvalue weighted by Crippen LogP contribution is 2.34. The molecule has 0 bridgehead atoms. The van der Waals surface area contributed by atoms with Crippen LogP contribution in [0, 0.1) is 11.8 Å². The van der Waals surface area contributed by atoms with Gasteiger partial charge in [0.15, 0.2) is 0 Å². The van der Waals surface area contributed by atoms with Gasteiger partial charge in [0, 0.05) is 24.2 Å². The van der Waals surface area contributed by atoms with Crippen molar-refractivity contribution in [2.75, 3.05) is 27.3 Å². The number of alkyl carbamates (subject to hydrolysis) is 2. The monoisotopic (exact) mass is 734 g/mol. The van der Waals surface area contributed by atoms with Crippen molar-refractivity contribution < 1.29 is 28.7 Å². The van der Waals surface area contributed by atoms with Crippen LogP contribution >= 0.6 is 0 Å². The summed E-state index contributed by atoms with van der Waals surface area (Å²) in [7, 11) is 2.56. The predicted octanol–water partition coefficient (Wildman–Crippen LogP) is 5.46. The average Bonchev–Trinajstić information content (AvgIpc) is 4.04. The zero-order valence-electron chi connectivity index (χ0n) is 31.0. The first-order valence-electron chi connectivity index (χ1n) is 18.4. The summed E-state index contributed by atoms with van der Waals surface area (Å²) in [6, 6.07) is 14.1. The van der Waals surface area contributed by atoms with Crippen LogP contribution in [0.2, 0.25) is 0 Å². The molecule has 54 heavy (non-hydrogen) atoms. The highest BCUT2D eigenvalue weighted by atomic mass is 16.5. The molecule has 282 valence electrons. The van der Waals surface area contributed by atoms with E-state index in [1.165, 1.54) is 14.2 Å². The van der Waals surface area contributed by atoms with Crippen molar-refractivity contribution in [1.29, 1.82) is 0 Å². The Labute approximate surface area is 314 Å². The molecule has 4 aromatic rings. The summed E-state index contributed by atoms with van der Waals surface area (Å²) in [5.41, 5.74) is 5.30. The number of ether oxygens (including phenoxy) is 2. The summed E-state index contributed by atoms with van der Waals surface area (Å²) < 4.78 is 9.39. The second kappa shape index (κ2) is 17.2. The van der Waals surface area contributed by atoms with Crippen molar-refractivity contribution in [3.8, 4) is 34.4 Å². The van der Waals surface area contributed by atoms with E-state index >= 15 is 0 Å². The minimum absolute atomic E-state index is 0.143. The zero-order valence-corrected chi connectivity index (χ0v) is 31.0. The van der Waals surface area contributed by atoms with Crippen LogP contribution in [-0.2, 0) is 19.1 Å².